The zero-order valence-corrected chi connectivity index (χ0v) is 36.4. The average Bonchev–Trinajstić information content (AvgIpc) is 4.01. The normalized spacial score (nSPS) is 15.5. The molecule has 1 unspecified atom stereocenters. The molecular formula is C45H52N8O6S2. The summed E-state index contributed by atoms with van der Waals surface area (Å²) >= 11 is 2.88. The Bertz CT molecular complexity index is 2290. The number of hydrogen-bond acceptors (Lipinski definition) is 11. The van der Waals surface area contributed by atoms with Crippen molar-refractivity contribution in [3.63, 3.8) is 0 Å². The van der Waals surface area contributed by atoms with Crippen molar-refractivity contribution in [1.29, 1.82) is 0 Å². The van der Waals surface area contributed by atoms with Gasteiger partial charge in [0.15, 0.2) is 5.13 Å². The number of nitrogens with zero attached hydrogens (tertiary/aromatic N) is 4. The molecule has 2 aromatic carbocycles. The largest absolute Gasteiger partial charge is 0.391 e. The number of benzene rings is 2. The first-order valence-electron chi connectivity index (χ1n) is 20.4. The smallest absolute Gasteiger partial charge is 0.257 e. The Labute approximate surface area is 363 Å². The molecule has 0 radical (unpaired) electrons. The van der Waals surface area contributed by atoms with E-state index >= 15 is 0 Å². The molecule has 3 aromatic heterocycles. The summed E-state index contributed by atoms with van der Waals surface area (Å²) < 4.78 is 0. The maximum atomic E-state index is 14.0. The highest BCUT2D eigenvalue weighted by Crippen LogP contribution is 2.29. The molecule has 4 heterocycles. The number of β-amino-alcohol motifs (C(OH)–C–C–N with tert-alkyl or cyclic N) is 1. The number of carbonyl (C=O) groups is 5. The van der Waals surface area contributed by atoms with Gasteiger partial charge in [0, 0.05) is 55.2 Å². The maximum Gasteiger partial charge on any atom is 0.257 e. The second kappa shape index (κ2) is 20.6. The number of hydrogen-bond donors (Lipinski definition) is 5. The summed E-state index contributed by atoms with van der Waals surface area (Å²) in [5, 5.41) is 24.4. The van der Waals surface area contributed by atoms with E-state index in [0.717, 1.165) is 34.5 Å². The summed E-state index contributed by atoms with van der Waals surface area (Å²) in [6.45, 7) is 8.26. The van der Waals surface area contributed by atoms with Crippen LogP contribution in [0.5, 0.6) is 0 Å². The Morgan fingerprint density at radius 2 is 1.57 bits per heavy atom. The minimum atomic E-state index is -0.897. The van der Waals surface area contributed by atoms with Crippen LogP contribution in [0.15, 0.2) is 83.8 Å². The molecule has 0 spiro atoms. The van der Waals surface area contributed by atoms with Crippen LogP contribution in [0.2, 0.25) is 0 Å². The zero-order valence-electron chi connectivity index (χ0n) is 34.8. The molecule has 1 saturated heterocycles. The van der Waals surface area contributed by atoms with Gasteiger partial charge in [-0.2, -0.15) is 0 Å². The Hall–Kier alpha value is -5.84. The Balaban J connectivity index is 0.891. The minimum Gasteiger partial charge on any atom is -0.391 e. The maximum absolute atomic E-state index is 14.0. The third-order valence-electron chi connectivity index (χ3n) is 10.4. The van der Waals surface area contributed by atoms with E-state index in [0.29, 0.717) is 47.0 Å². The summed E-state index contributed by atoms with van der Waals surface area (Å²) in [5.41, 5.74) is 6.29. The van der Waals surface area contributed by atoms with Crippen LogP contribution >= 0.6 is 22.7 Å². The fourth-order valence-corrected chi connectivity index (χ4v) is 8.50. The Morgan fingerprint density at radius 3 is 2.25 bits per heavy atom. The van der Waals surface area contributed by atoms with Gasteiger partial charge in [-0.1, -0.05) is 63.9 Å². The van der Waals surface area contributed by atoms with E-state index < -0.39 is 29.5 Å². The van der Waals surface area contributed by atoms with Crippen molar-refractivity contribution in [3.05, 3.63) is 106 Å². The number of aliphatic hydroxyl groups is 1. The van der Waals surface area contributed by atoms with Gasteiger partial charge in [-0.3, -0.25) is 34.3 Å². The molecule has 3 atom stereocenters. The molecule has 6 rings (SSSR count). The van der Waals surface area contributed by atoms with Crippen LogP contribution in [0.1, 0.15) is 91.3 Å². The lowest BCUT2D eigenvalue weighted by molar-refractivity contribution is -0.144. The average molecular weight is 865 g/mol. The van der Waals surface area contributed by atoms with Crippen molar-refractivity contribution >= 4 is 57.3 Å². The molecule has 5 N–H and O–H groups in total. The van der Waals surface area contributed by atoms with Crippen LogP contribution in [0.3, 0.4) is 0 Å². The van der Waals surface area contributed by atoms with Crippen molar-refractivity contribution in [2.24, 2.45) is 5.41 Å². The lowest BCUT2D eigenvalue weighted by Crippen LogP contribution is -2.57. The number of aromatic nitrogens is 3. The standard InChI is InChI=1S/C45H52N8O6S2/c1-28-38(61-27-49-28)30-15-13-29(14-16-30)24-48-42(58)36-23-33(54)25-53(36)43(59)39(45(2,3)4)51-37(55)12-7-5-6-9-22-47-40(56)31-17-19-32(20-18-31)41(57)52-44-50-35(26-60-44)34-11-8-10-21-46-34/h8,10-11,13-21,26-27,33,36,39,54H,5-7,9,12,22-25H2,1-4H3,(H,47,56)(H,48,58)(H,51,55)(H,50,52,57)/t33-,36?,39+/m1/s1. The first-order chi connectivity index (χ1) is 29.3. The first kappa shape index (κ1) is 44.7. The van der Waals surface area contributed by atoms with Gasteiger partial charge < -0.3 is 26.0 Å². The van der Waals surface area contributed by atoms with Crippen molar-refractivity contribution in [3.8, 4) is 21.8 Å². The summed E-state index contributed by atoms with van der Waals surface area (Å²) in [7, 11) is 0. The molecule has 1 aliphatic heterocycles. The molecule has 1 fully saturated rings. The number of rotatable bonds is 17. The molecule has 16 heteroatoms. The summed E-state index contributed by atoms with van der Waals surface area (Å²) in [4.78, 5) is 81.5. The fraction of sp³-hybridized carbons (Fsp3) is 0.378. The van der Waals surface area contributed by atoms with E-state index in [-0.39, 0.29) is 49.6 Å². The van der Waals surface area contributed by atoms with Crippen molar-refractivity contribution < 1.29 is 29.1 Å². The van der Waals surface area contributed by atoms with Crippen molar-refractivity contribution in [1.82, 2.24) is 35.8 Å². The van der Waals surface area contributed by atoms with Gasteiger partial charge in [0.1, 0.15) is 17.8 Å². The lowest BCUT2D eigenvalue weighted by atomic mass is 9.85. The second-order valence-corrected chi connectivity index (χ2v) is 17.9. The highest BCUT2D eigenvalue weighted by Gasteiger charge is 2.44. The van der Waals surface area contributed by atoms with E-state index in [2.05, 4.69) is 36.2 Å². The Kier molecular flexibility index (Phi) is 15.1. The number of anilines is 1. The summed E-state index contributed by atoms with van der Waals surface area (Å²) in [5.74, 6) is -1.61. The fourth-order valence-electron chi connectivity index (χ4n) is 6.99. The van der Waals surface area contributed by atoms with E-state index in [1.807, 2.05) is 81.1 Å². The van der Waals surface area contributed by atoms with E-state index in [1.165, 1.54) is 16.2 Å². The van der Waals surface area contributed by atoms with Crippen LogP contribution < -0.4 is 21.3 Å². The highest BCUT2D eigenvalue weighted by molar-refractivity contribution is 7.14. The first-order valence-corrected chi connectivity index (χ1v) is 22.1. The molecule has 14 nitrogen and oxygen atoms in total. The summed E-state index contributed by atoms with van der Waals surface area (Å²) in [6, 6.07) is 18.1. The number of aliphatic hydroxyl groups excluding tert-OH is 1. The monoisotopic (exact) mass is 864 g/mol. The predicted octanol–water partition coefficient (Wildman–Crippen LogP) is 6.38. The topological polar surface area (TPSA) is 196 Å². The predicted molar refractivity (Wildman–Crippen MR) is 237 cm³/mol. The third kappa shape index (κ3) is 12.1. The van der Waals surface area contributed by atoms with E-state index in [1.54, 1.807) is 41.8 Å². The summed E-state index contributed by atoms with van der Waals surface area (Å²) in [6.07, 6.45) is 3.99. The molecule has 5 amide bonds. The zero-order chi connectivity index (χ0) is 43.5. The van der Waals surface area contributed by atoms with Crippen LogP contribution in [0, 0.1) is 12.3 Å². The molecule has 1 aliphatic rings. The number of thiazole rings is 2. The lowest BCUT2D eigenvalue weighted by Gasteiger charge is -2.35. The van der Waals surface area contributed by atoms with Crippen LogP contribution in [0.4, 0.5) is 5.13 Å². The molecule has 5 aromatic rings. The van der Waals surface area contributed by atoms with Crippen LogP contribution in [-0.4, -0.2) is 85.8 Å². The SMILES string of the molecule is Cc1ncsc1-c1ccc(CNC(=O)C2C[C@@H](O)CN2C(=O)[C@H](NC(=O)CCCCCCNC(=O)c2ccc(C(=O)Nc3nc(-c4ccccn4)cs3)cc2)C(C)(C)C)cc1. The molecule has 320 valence electrons. The van der Waals surface area contributed by atoms with Crippen molar-refractivity contribution in [2.45, 2.75) is 91.0 Å². The molecular weight excluding hydrogens is 813 g/mol. The quantitative estimate of drug-likeness (QED) is 0.0660. The van der Waals surface area contributed by atoms with Gasteiger partial charge in [-0.25, -0.2) is 9.97 Å². The van der Waals surface area contributed by atoms with Crippen molar-refractivity contribution in [2.75, 3.05) is 18.4 Å². The van der Waals surface area contributed by atoms with Gasteiger partial charge in [-0.05, 0) is 72.7 Å². The van der Waals surface area contributed by atoms with Gasteiger partial charge in [0.05, 0.1) is 27.9 Å². The number of likely N-dealkylation sites (tertiary alicyclic amines) is 1. The van der Waals surface area contributed by atoms with Gasteiger partial charge in [0.25, 0.3) is 11.8 Å². The number of amides is 5. The molecule has 0 saturated carbocycles. The number of carbonyl (C=O) groups excluding carboxylic acids is 5. The molecule has 0 aliphatic carbocycles. The number of unbranched alkanes of at least 4 members (excludes halogenated alkanes) is 3. The Morgan fingerprint density at radius 1 is 0.852 bits per heavy atom. The minimum absolute atomic E-state index is 0.00407. The van der Waals surface area contributed by atoms with Crippen LogP contribution in [-0.2, 0) is 20.9 Å². The highest BCUT2D eigenvalue weighted by atomic mass is 32.1. The van der Waals surface area contributed by atoms with Crippen LogP contribution in [0.25, 0.3) is 21.8 Å². The van der Waals surface area contributed by atoms with Gasteiger partial charge in [-0.15, -0.1) is 22.7 Å². The van der Waals surface area contributed by atoms with E-state index in [4.69, 9.17) is 0 Å². The number of nitrogens with one attached hydrogen (secondary N) is 4. The van der Waals surface area contributed by atoms with Gasteiger partial charge in [0.2, 0.25) is 17.7 Å². The third-order valence-corrected chi connectivity index (χ3v) is 12.1. The second-order valence-electron chi connectivity index (χ2n) is 16.1. The van der Waals surface area contributed by atoms with Gasteiger partial charge >= 0.3 is 0 Å². The number of aryl methyl sites for hydroxylation is 1. The molecule has 0 bridgehead atoms. The molecule has 61 heavy (non-hydrogen) atoms. The number of pyridine rings is 1. The van der Waals surface area contributed by atoms with E-state index in [9.17, 15) is 29.1 Å².